The zero-order valence-corrected chi connectivity index (χ0v) is 17.6. The van der Waals surface area contributed by atoms with Gasteiger partial charge in [0, 0.05) is 12.2 Å². The summed E-state index contributed by atoms with van der Waals surface area (Å²) in [5, 5.41) is 17.5. The monoisotopic (exact) mass is 407 g/mol. The molecule has 0 aliphatic rings. The van der Waals surface area contributed by atoms with E-state index >= 15 is 0 Å². The van der Waals surface area contributed by atoms with Crippen LogP contribution in [0, 0.1) is 20.8 Å². The summed E-state index contributed by atoms with van der Waals surface area (Å²) in [7, 11) is 0. The number of benzene rings is 1. The second kappa shape index (κ2) is 10.3. The molecule has 1 aromatic heterocycles. The van der Waals surface area contributed by atoms with Crippen molar-refractivity contribution in [1.29, 1.82) is 0 Å². The number of carbonyl (C=O) groups is 2. The van der Waals surface area contributed by atoms with Crippen molar-refractivity contribution in [3.63, 3.8) is 0 Å². The van der Waals surface area contributed by atoms with Gasteiger partial charge in [0.1, 0.15) is 0 Å². The topological polar surface area (TPSA) is 96.0 Å². The Bertz CT molecular complexity index is 784. The molecular weight excluding hydrogens is 382 g/mol. The minimum atomic E-state index is -0.245. The fourth-order valence-corrected chi connectivity index (χ4v) is 4.10. The molecule has 2 aromatic rings. The molecule has 0 fully saturated rings. The van der Waals surface area contributed by atoms with E-state index < -0.39 is 0 Å². The largest absolute Gasteiger partial charge is 0.360 e. The number of hydrogen-bond acceptors (Lipinski definition) is 7. The van der Waals surface area contributed by atoms with Gasteiger partial charge in [0.05, 0.1) is 12.3 Å². The number of nitrogens with one attached hydrogen (secondary N) is 3. The van der Waals surface area contributed by atoms with Crippen molar-refractivity contribution in [3.8, 4) is 0 Å². The van der Waals surface area contributed by atoms with Crippen molar-refractivity contribution in [2.75, 3.05) is 29.5 Å². The van der Waals surface area contributed by atoms with Crippen molar-refractivity contribution in [2.24, 2.45) is 0 Å². The van der Waals surface area contributed by atoms with Crippen molar-refractivity contribution >= 4 is 45.7 Å². The molecule has 146 valence electrons. The van der Waals surface area contributed by atoms with Crippen LogP contribution in [0.3, 0.4) is 0 Å². The number of rotatable bonds is 9. The molecule has 0 radical (unpaired) electrons. The third kappa shape index (κ3) is 6.84. The Labute approximate surface area is 167 Å². The molecule has 0 unspecified atom stereocenters. The molecule has 27 heavy (non-hydrogen) atoms. The first-order valence-corrected chi connectivity index (χ1v) is 10.5. The summed E-state index contributed by atoms with van der Waals surface area (Å²) in [6, 6.07) is 4.03. The lowest BCUT2D eigenvalue weighted by Gasteiger charge is -2.13. The molecule has 0 spiro atoms. The Morgan fingerprint density at radius 2 is 1.81 bits per heavy atom. The van der Waals surface area contributed by atoms with Crippen LogP contribution in [0.1, 0.15) is 30.0 Å². The van der Waals surface area contributed by atoms with Gasteiger partial charge in [0.2, 0.25) is 16.9 Å². The predicted molar refractivity (Wildman–Crippen MR) is 112 cm³/mol. The van der Waals surface area contributed by atoms with Gasteiger partial charge in [-0.3, -0.25) is 9.59 Å². The Kier molecular flexibility index (Phi) is 8.05. The van der Waals surface area contributed by atoms with Crippen LogP contribution in [-0.2, 0) is 9.59 Å². The molecule has 0 bridgehead atoms. The van der Waals surface area contributed by atoms with Crippen LogP contribution in [0.15, 0.2) is 16.5 Å². The van der Waals surface area contributed by atoms with Crippen LogP contribution in [-0.4, -0.2) is 40.9 Å². The molecule has 0 aliphatic heterocycles. The standard InChI is InChI=1S/C18H25N5O2S2/c1-5-6-19-17-22-23-18(27-17)26-10-15(25)20-9-14(24)21-16-12(3)7-11(2)8-13(16)4/h7-8H,5-6,9-10H2,1-4H3,(H,19,22)(H,20,25)(H,21,24). The molecule has 3 N–H and O–H groups in total. The molecular formula is C18H25N5O2S2. The van der Waals surface area contributed by atoms with Crippen LogP contribution in [0.4, 0.5) is 10.8 Å². The van der Waals surface area contributed by atoms with Gasteiger partial charge in [0.25, 0.3) is 0 Å². The number of anilines is 2. The van der Waals surface area contributed by atoms with Crippen LogP contribution >= 0.6 is 23.1 Å². The first-order valence-electron chi connectivity index (χ1n) is 8.73. The van der Waals surface area contributed by atoms with Crippen LogP contribution in [0.25, 0.3) is 0 Å². The van der Waals surface area contributed by atoms with Gasteiger partial charge in [0.15, 0.2) is 4.34 Å². The normalized spacial score (nSPS) is 10.5. The maximum Gasteiger partial charge on any atom is 0.243 e. The van der Waals surface area contributed by atoms with Crippen molar-refractivity contribution in [1.82, 2.24) is 15.5 Å². The third-order valence-corrected chi connectivity index (χ3v) is 5.66. The average Bonchev–Trinajstić information content (AvgIpc) is 3.07. The van der Waals surface area contributed by atoms with Gasteiger partial charge < -0.3 is 16.0 Å². The van der Waals surface area contributed by atoms with E-state index in [0.29, 0.717) is 0 Å². The lowest BCUT2D eigenvalue weighted by atomic mass is 10.1. The maximum atomic E-state index is 12.1. The Morgan fingerprint density at radius 3 is 2.48 bits per heavy atom. The van der Waals surface area contributed by atoms with Gasteiger partial charge in [-0.25, -0.2) is 0 Å². The third-order valence-electron chi connectivity index (χ3n) is 3.65. The fraction of sp³-hybridized carbons (Fsp3) is 0.444. The van der Waals surface area contributed by atoms with Gasteiger partial charge in [-0.15, -0.1) is 10.2 Å². The Hall–Kier alpha value is -2.13. The van der Waals surface area contributed by atoms with Gasteiger partial charge in [-0.1, -0.05) is 47.7 Å². The predicted octanol–water partition coefficient (Wildman–Crippen LogP) is 3.13. The summed E-state index contributed by atoms with van der Waals surface area (Å²) in [6.07, 6.45) is 1.01. The van der Waals surface area contributed by atoms with E-state index in [2.05, 4.69) is 33.1 Å². The Morgan fingerprint density at radius 1 is 1.11 bits per heavy atom. The molecule has 7 nitrogen and oxygen atoms in total. The highest BCUT2D eigenvalue weighted by Crippen LogP contribution is 2.25. The van der Waals surface area contributed by atoms with E-state index in [1.165, 1.54) is 23.1 Å². The second-order valence-corrected chi connectivity index (χ2v) is 8.39. The number of aromatic nitrogens is 2. The average molecular weight is 408 g/mol. The highest BCUT2D eigenvalue weighted by molar-refractivity contribution is 8.01. The van der Waals surface area contributed by atoms with E-state index in [-0.39, 0.29) is 24.1 Å². The Balaban J connectivity index is 1.75. The lowest BCUT2D eigenvalue weighted by Crippen LogP contribution is -2.34. The molecule has 1 heterocycles. The van der Waals surface area contributed by atoms with Gasteiger partial charge >= 0.3 is 0 Å². The zero-order valence-electron chi connectivity index (χ0n) is 16.0. The molecule has 9 heteroatoms. The summed E-state index contributed by atoms with van der Waals surface area (Å²) >= 11 is 2.72. The number of hydrogen-bond donors (Lipinski definition) is 3. The molecule has 1 aromatic carbocycles. The van der Waals surface area contributed by atoms with Gasteiger partial charge in [-0.2, -0.15) is 0 Å². The second-order valence-electron chi connectivity index (χ2n) is 6.19. The molecule has 2 amide bonds. The van der Waals surface area contributed by atoms with Gasteiger partial charge in [-0.05, 0) is 38.3 Å². The van der Waals surface area contributed by atoms with Crippen molar-refractivity contribution in [2.45, 2.75) is 38.5 Å². The summed E-state index contributed by atoms with van der Waals surface area (Å²) in [5.74, 6) is -0.269. The lowest BCUT2D eigenvalue weighted by molar-refractivity contribution is -0.122. The number of amides is 2. The van der Waals surface area contributed by atoms with Crippen LogP contribution < -0.4 is 16.0 Å². The minimum Gasteiger partial charge on any atom is -0.360 e. The smallest absolute Gasteiger partial charge is 0.243 e. The SMILES string of the molecule is CCCNc1nnc(SCC(=O)NCC(=O)Nc2c(C)cc(C)cc2C)s1. The number of thioether (sulfide) groups is 1. The van der Waals surface area contributed by atoms with E-state index in [1.807, 2.05) is 32.9 Å². The van der Waals surface area contributed by atoms with Crippen molar-refractivity contribution < 1.29 is 9.59 Å². The van der Waals surface area contributed by atoms with Crippen LogP contribution in [0.2, 0.25) is 0 Å². The minimum absolute atomic E-state index is 0.0639. The molecule has 0 atom stereocenters. The maximum absolute atomic E-state index is 12.1. The van der Waals surface area contributed by atoms with E-state index in [4.69, 9.17) is 0 Å². The summed E-state index contributed by atoms with van der Waals surface area (Å²) in [5.41, 5.74) is 3.96. The molecule has 0 aliphatic carbocycles. The first-order chi connectivity index (χ1) is 12.9. The summed E-state index contributed by atoms with van der Waals surface area (Å²) in [6.45, 7) is 8.78. The first kappa shape index (κ1) is 21.2. The van der Waals surface area contributed by atoms with Crippen molar-refractivity contribution in [3.05, 3.63) is 28.8 Å². The molecule has 0 saturated carbocycles. The van der Waals surface area contributed by atoms with E-state index in [9.17, 15) is 9.59 Å². The summed E-state index contributed by atoms with van der Waals surface area (Å²) in [4.78, 5) is 24.1. The van der Waals surface area contributed by atoms with E-state index in [0.717, 1.165) is 44.8 Å². The highest BCUT2D eigenvalue weighted by Gasteiger charge is 2.11. The van der Waals surface area contributed by atoms with Crippen LogP contribution in [0.5, 0.6) is 0 Å². The quantitative estimate of drug-likeness (QED) is 0.553. The number of aryl methyl sites for hydroxylation is 3. The number of nitrogens with zero attached hydrogens (tertiary/aromatic N) is 2. The molecule has 2 rings (SSSR count). The molecule has 0 saturated heterocycles. The van der Waals surface area contributed by atoms with E-state index in [1.54, 1.807) is 0 Å². The highest BCUT2D eigenvalue weighted by atomic mass is 32.2. The fourth-order valence-electron chi connectivity index (χ4n) is 2.49. The summed E-state index contributed by atoms with van der Waals surface area (Å²) < 4.78 is 0.721. The number of carbonyl (C=O) groups excluding carboxylic acids is 2. The zero-order chi connectivity index (χ0) is 19.8.